The third-order valence-electron chi connectivity index (χ3n) is 11.1. The van der Waals surface area contributed by atoms with Crippen molar-refractivity contribution in [3.8, 4) is 27.9 Å². The van der Waals surface area contributed by atoms with Gasteiger partial charge in [-0.1, -0.05) is 152 Å². The van der Waals surface area contributed by atoms with Gasteiger partial charge in [-0.15, -0.1) is 11.3 Å². The fourth-order valence-electron chi connectivity index (χ4n) is 9.06. The summed E-state index contributed by atoms with van der Waals surface area (Å²) >= 11 is 1.92. The van der Waals surface area contributed by atoms with Gasteiger partial charge in [0, 0.05) is 36.6 Å². The van der Waals surface area contributed by atoms with E-state index in [1.807, 2.05) is 11.3 Å². The van der Waals surface area contributed by atoms with Crippen molar-refractivity contribution >= 4 is 82.1 Å². The molecule has 2 aromatic heterocycles. The van der Waals surface area contributed by atoms with Gasteiger partial charge in [0.05, 0.1) is 11.0 Å². The second-order valence-electron chi connectivity index (χ2n) is 13.6. The highest BCUT2D eigenvalue weighted by atomic mass is 32.1. The van der Waals surface area contributed by atoms with Gasteiger partial charge in [0.1, 0.15) is 0 Å². The van der Waals surface area contributed by atoms with Crippen molar-refractivity contribution in [3.05, 3.63) is 188 Å². The Labute approximate surface area is 301 Å². The summed E-state index contributed by atoms with van der Waals surface area (Å²) in [4.78, 5) is 0. The first-order valence-corrected chi connectivity index (χ1v) is 20.4. The van der Waals surface area contributed by atoms with Crippen molar-refractivity contribution in [2.75, 3.05) is 0 Å². The minimum atomic E-state index is -2.85. The van der Waals surface area contributed by atoms with Gasteiger partial charge in [-0.25, -0.2) is 0 Å². The number of benzene rings is 8. The van der Waals surface area contributed by atoms with Crippen molar-refractivity contribution in [3.63, 3.8) is 0 Å². The van der Waals surface area contributed by atoms with E-state index in [0.717, 1.165) is 0 Å². The Morgan fingerprint density at radius 2 is 1.00 bits per heavy atom. The molecule has 10 aromatic rings. The van der Waals surface area contributed by atoms with E-state index >= 15 is 0 Å². The van der Waals surface area contributed by atoms with E-state index in [0.29, 0.717) is 0 Å². The lowest BCUT2D eigenvalue weighted by atomic mass is 9.95. The highest BCUT2D eigenvalue weighted by Crippen LogP contribution is 2.47. The molecule has 0 bridgehead atoms. The first kappa shape index (κ1) is 28.8. The van der Waals surface area contributed by atoms with Gasteiger partial charge in [-0.2, -0.15) is 0 Å². The van der Waals surface area contributed by atoms with Crippen molar-refractivity contribution < 1.29 is 0 Å². The van der Waals surface area contributed by atoms with Crippen LogP contribution >= 0.6 is 11.3 Å². The molecule has 1 aliphatic heterocycles. The fourth-order valence-corrected chi connectivity index (χ4v) is 15.4. The second kappa shape index (κ2) is 11.0. The van der Waals surface area contributed by atoms with Gasteiger partial charge in [-0.05, 0) is 79.4 Å². The van der Waals surface area contributed by atoms with Crippen LogP contribution in [0.15, 0.2) is 188 Å². The zero-order valence-electron chi connectivity index (χ0n) is 27.8. The van der Waals surface area contributed by atoms with E-state index in [4.69, 9.17) is 0 Å². The zero-order chi connectivity index (χ0) is 33.5. The van der Waals surface area contributed by atoms with Crippen molar-refractivity contribution in [2.24, 2.45) is 0 Å². The van der Waals surface area contributed by atoms with Crippen LogP contribution < -0.4 is 20.7 Å². The van der Waals surface area contributed by atoms with Gasteiger partial charge in [0.15, 0.2) is 8.07 Å². The Morgan fingerprint density at radius 1 is 0.392 bits per heavy atom. The summed E-state index contributed by atoms with van der Waals surface area (Å²) in [5.74, 6) is 0. The Morgan fingerprint density at radius 3 is 1.80 bits per heavy atom. The molecule has 3 heteroatoms. The molecule has 11 rings (SSSR count). The Kier molecular flexibility index (Phi) is 6.21. The number of aromatic nitrogens is 1. The highest BCUT2D eigenvalue weighted by molar-refractivity contribution is 7.26. The van der Waals surface area contributed by atoms with Crippen molar-refractivity contribution in [1.82, 2.24) is 4.57 Å². The van der Waals surface area contributed by atoms with E-state index in [-0.39, 0.29) is 0 Å². The lowest BCUT2D eigenvalue weighted by Crippen LogP contribution is -2.72. The predicted octanol–water partition coefficient (Wildman–Crippen LogP) is 10.2. The molecule has 0 saturated heterocycles. The quantitative estimate of drug-likeness (QED) is 0.163. The van der Waals surface area contributed by atoms with Crippen LogP contribution in [-0.2, 0) is 0 Å². The van der Waals surface area contributed by atoms with Crippen LogP contribution in [0.4, 0.5) is 0 Å². The van der Waals surface area contributed by atoms with Crippen LogP contribution in [0.25, 0.3) is 69.9 Å². The van der Waals surface area contributed by atoms with E-state index in [1.54, 1.807) is 0 Å². The largest absolute Gasteiger partial charge is 0.309 e. The molecule has 51 heavy (non-hydrogen) atoms. The molecule has 1 atom stereocenters. The van der Waals surface area contributed by atoms with Crippen LogP contribution in [0.5, 0.6) is 0 Å². The van der Waals surface area contributed by atoms with Crippen LogP contribution in [0.1, 0.15) is 0 Å². The maximum atomic E-state index is 2.50. The summed E-state index contributed by atoms with van der Waals surface area (Å²) < 4.78 is 5.16. The van der Waals surface area contributed by atoms with Crippen LogP contribution in [0.3, 0.4) is 0 Å². The van der Waals surface area contributed by atoms with Gasteiger partial charge in [0.25, 0.3) is 0 Å². The Balaban J connectivity index is 1.37. The molecule has 0 saturated carbocycles. The maximum Gasteiger partial charge on any atom is 0.180 e. The normalized spacial score (nSPS) is 15.1. The third kappa shape index (κ3) is 3.96. The molecule has 0 N–H and O–H groups in total. The lowest BCUT2D eigenvalue weighted by Gasteiger charge is -2.31. The number of hydrogen-bond donors (Lipinski definition) is 0. The molecule has 8 aromatic carbocycles. The van der Waals surface area contributed by atoms with E-state index < -0.39 is 8.07 Å². The molecule has 238 valence electrons. The zero-order valence-corrected chi connectivity index (χ0v) is 29.6. The van der Waals surface area contributed by atoms with Gasteiger partial charge >= 0.3 is 0 Å². The molecule has 0 radical (unpaired) electrons. The Bertz CT molecular complexity index is 2960. The molecular weight excluding hydrogens is 651 g/mol. The summed E-state index contributed by atoms with van der Waals surface area (Å²) in [7, 11) is -2.85. The standard InChI is InChI=1S/C48H31NSSi/c1-4-15-32(16-5-1)33-17-14-22-36(31-33)51(35-20-8-3-9-21-35)43-29-27-40-45(37-23-10-12-25-39(37)49(40)34-18-6-2-7-19-34)47(43)48-44(51)30-28-42-46(48)38-24-11-13-26-41(38)50-42/h1-31H. The minimum Gasteiger partial charge on any atom is -0.309 e. The molecule has 1 unspecified atom stereocenters. The number of fused-ring (bicyclic) bond motifs is 11. The van der Waals surface area contributed by atoms with Crippen molar-refractivity contribution in [1.29, 1.82) is 0 Å². The van der Waals surface area contributed by atoms with E-state index in [1.165, 1.54) is 90.7 Å². The maximum absolute atomic E-state index is 2.85. The molecule has 0 spiro atoms. The molecule has 0 amide bonds. The fraction of sp³-hybridized carbons (Fsp3) is 0. The molecule has 1 aliphatic rings. The SMILES string of the molecule is c1ccc(-c2cccc([Si]3(c4ccccc4)c4ccc5sc6ccccc6c5c4-c4c3ccc3c4c4ccccc4n3-c3ccccc3)c2)cc1. The van der Waals surface area contributed by atoms with Gasteiger partial charge < -0.3 is 4.57 Å². The topological polar surface area (TPSA) is 4.93 Å². The first-order chi connectivity index (χ1) is 25.3. The van der Waals surface area contributed by atoms with E-state index in [2.05, 4.69) is 193 Å². The molecular formula is C48H31NSSi. The number of hydrogen-bond acceptors (Lipinski definition) is 1. The molecule has 0 aliphatic carbocycles. The number of thiophene rings is 1. The predicted molar refractivity (Wildman–Crippen MR) is 222 cm³/mol. The van der Waals surface area contributed by atoms with E-state index in [9.17, 15) is 0 Å². The number of nitrogens with zero attached hydrogens (tertiary/aromatic N) is 1. The van der Waals surface area contributed by atoms with Gasteiger partial charge in [0.2, 0.25) is 0 Å². The van der Waals surface area contributed by atoms with Gasteiger partial charge in [-0.3, -0.25) is 0 Å². The molecule has 3 heterocycles. The second-order valence-corrected chi connectivity index (χ2v) is 18.4. The minimum absolute atomic E-state index is 1.18. The summed E-state index contributed by atoms with van der Waals surface area (Å²) in [5, 5.41) is 11.2. The average molecular weight is 682 g/mol. The van der Waals surface area contributed by atoms with Crippen molar-refractivity contribution in [2.45, 2.75) is 0 Å². The highest BCUT2D eigenvalue weighted by Gasteiger charge is 2.50. The summed E-state index contributed by atoms with van der Waals surface area (Å²) in [6.45, 7) is 0. The monoisotopic (exact) mass is 681 g/mol. The van der Waals surface area contributed by atoms with Crippen LogP contribution in [-0.4, -0.2) is 12.6 Å². The molecule has 0 fully saturated rings. The number of rotatable bonds is 4. The first-order valence-electron chi connectivity index (χ1n) is 17.6. The summed E-state index contributed by atoms with van der Waals surface area (Å²) in [6.07, 6.45) is 0. The number of para-hydroxylation sites is 2. The van der Waals surface area contributed by atoms with Crippen LogP contribution in [0.2, 0.25) is 0 Å². The lowest BCUT2D eigenvalue weighted by molar-refractivity contribution is 1.18. The summed E-state index contributed by atoms with van der Waals surface area (Å²) in [6, 6.07) is 70.5. The average Bonchev–Trinajstić information content (AvgIpc) is 3.85. The Hall–Kier alpha value is -6.00. The third-order valence-corrected chi connectivity index (χ3v) is 17.0. The smallest absolute Gasteiger partial charge is 0.180 e. The molecule has 1 nitrogen and oxygen atoms in total. The van der Waals surface area contributed by atoms with Crippen LogP contribution in [0, 0.1) is 0 Å². The summed E-state index contributed by atoms with van der Waals surface area (Å²) in [5.41, 5.74) is 9.00.